The van der Waals surface area contributed by atoms with Crippen molar-refractivity contribution in [2.75, 3.05) is 0 Å². The number of carboxylic acids is 1. The number of carboxylic acid groups (broad SMARTS) is 1. The van der Waals surface area contributed by atoms with Crippen molar-refractivity contribution in [3.63, 3.8) is 0 Å². The van der Waals surface area contributed by atoms with Gasteiger partial charge in [-0.25, -0.2) is 4.79 Å². The molecule has 4 nitrogen and oxygen atoms in total. The lowest BCUT2D eigenvalue weighted by Gasteiger charge is -2.28. The predicted molar refractivity (Wildman–Crippen MR) is 86.0 cm³/mol. The number of hydrogen-bond donors (Lipinski definition) is 2. The summed E-state index contributed by atoms with van der Waals surface area (Å²) in [7, 11) is 0. The van der Waals surface area contributed by atoms with E-state index in [4.69, 9.17) is 5.11 Å². The number of carbonyl (C=O) groups excluding carboxylic acids is 1. The molecule has 1 aliphatic rings. The van der Waals surface area contributed by atoms with Crippen LogP contribution >= 0.6 is 0 Å². The molecule has 1 aliphatic carbocycles. The Morgan fingerprint density at radius 2 is 1.72 bits per heavy atom. The second-order valence-electron chi connectivity index (χ2n) is 6.61. The lowest BCUT2D eigenvalue weighted by molar-refractivity contribution is -0.160. The van der Waals surface area contributed by atoms with E-state index in [0.29, 0.717) is 5.92 Å². The predicted octanol–water partition coefficient (Wildman–Crippen LogP) is 3.87. The van der Waals surface area contributed by atoms with E-state index in [0.717, 1.165) is 25.7 Å². The molecule has 0 aliphatic heterocycles. The first-order valence-electron chi connectivity index (χ1n) is 8.38. The molecule has 0 spiro atoms. The van der Waals surface area contributed by atoms with Gasteiger partial charge in [0.1, 0.15) is 6.04 Å². The third kappa shape index (κ3) is 6.40. The molecule has 7 heteroatoms. The molecule has 1 unspecified atom stereocenters. The molecule has 0 heterocycles. The fourth-order valence-corrected chi connectivity index (χ4v) is 3.37. The van der Waals surface area contributed by atoms with Gasteiger partial charge in [-0.1, -0.05) is 30.3 Å². The number of rotatable bonds is 6. The lowest BCUT2D eigenvalue weighted by atomic mass is 9.77. The number of alkyl halides is 3. The van der Waals surface area contributed by atoms with Gasteiger partial charge in [0, 0.05) is 6.42 Å². The van der Waals surface area contributed by atoms with Crippen LogP contribution in [0.5, 0.6) is 0 Å². The van der Waals surface area contributed by atoms with E-state index in [9.17, 15) is 22.8 Å². The van der Waals surface area contributed by atoms with Gasteiger partial charge in [-0.05, 0) is 43.1 Å². The van der Waals surface area contributed by atoms with E-state index in [1.807, 2.05) is 23.5 Å². The largest absolute Gasteiger partial charge is 0.480 e. The Morgan fingerprint density at radius 3 is 2.24 bits per heavy atom. The fraction of sp³-hybridized carbons (Fsp3) is 0.556. The first kappa shape index (κ1) is 19.3. The van der Waals surface area contributed by atoms with Gasteiger partial charge in [-0.3, -0.25) is 4.79 Å². The monoisotopic (exact) mass is 357 g/mol. The van der Waals surface area contributed by atoms with Crippen LogP contribution in [0.15, 0.2) is 30.3 Å². The topological polar surface area (TPSA) is 66.4 Å². The van der Waals surface area contributed by atoms with Crippen LogP contribution in [-0.2, 0) is 9.59 Å². The zero-order chi connectivity index (χ0) is 18.4. The first-order valence-corrected chi connectivity index (χ1v) is 8.38. The maximum atomic E-state index is 12.4. The molecule has 25 heavy (non-hydrogen) atoms. The van der Waals surface area contributed by atoms with Crippen molar-refractivity contribution in [2.24, 2.45) is 5.92 Å². The highest BCUT2D eigenvalue weighted by Crippen LogP contribution is 2.36. The van der Waals surface area contributed by atoms with Crippen LogP contribution in [0.2, 0.25) is 0 Å². The molecule has 1 saturated carbocycles. The zero-order valence-electron chi connectivity index (χ0n) is 13.8. The molecular weight excluding hydrogens is 335 g/mol. The van der Waals surface area contributed by atoms with Crippen molar-refractivity contribution in [3.8, 4) is 0 Å². The third-order valence-electron chi connectivity index (χ3n) is 4.66. The molecule has 0 radical (unpaired) electrons. The van der Waals surface area contributed by atoms with Crippen LogP contribution in [-0.4, -0.2) is 29.2 Å². The molecule has 1 fully saturated rings. The van der Waals surface area contributed by atoms with Gasteiger partial charge >= 0.3 is 12.1 Å². The molecule has 2 rings (SSSR count). The highest BCUT2D eigenvalue weighted by atomic mass is 19.4. The quantitative estimate of drug-likeness (QED) is 0.812. The lowest BCUT2D eigenvalue weighted by Crippen LogP contribution is -2.44. The van der Waals surface area contributed by atoms with E-state index in [-0.39, 0.29) is 12.3 Å². The Kier molecular flexibility index (Phi) is 6.45. The van der Waals surface area contributed by atoms with Gasteiger partial charge in [0.2, 0.25) is 5.91 Å². The van der Waals surface area contributed by atoms with Gasteiger partial charge in [0.05, 0.1) is 6.42 Å². The summed E-state index contributed by atoms with van der Waals surface area (Å²) in [6, 6.07) is 8.16. The molecule has 0 saturated heterocycles. The SMILES string of the molecule is O=C(CC1CCC(c2ccccc2)CC1)NC(CC(F)(F)F)C(=O)O. The molecule has 1 aromatic carbocycles. The fourth-order valence-electron chi connectivity index (χ4n) is 3.37. The van der Waals surface area contributed by atoms with E-state index in [1.54, 1.807) is 0 Å². The van der Waals surface area contributed by atoms with Gasteiger partial charge < -0.3 is 10.4 Å². The van der Waals surface area contributed by atoms with E-state index < -0.39 is 30.5 Å². The van der Waals surface area contributed by atoms with Gasteiger partial charge in [0.25, 0.3) is 0 Å². The second kappa shape index (κ2) is 8.36. The summed E-state index contributed by atoms with van der Waals surface area (Å²) in [4.78, 5) is 22.8. The maximum absolute atomic E-state index is 12.4. The highest BCUT2D eigenvalue weighted by Gasteiger charge is 2.36. The minimum Gasteiger partial charge on any atom is -0.480 e. The van der Waals surface area contributed by atoms with Crippen molar-refractivity contribution in [1.29, 1.82) is 0 Å². The number of nitrogens with one attached hydrogen (secondary N) is 1. The molecule has 138 valence electrons. The van der Waals surface area contributed by atoms with Crippen molar-refractivity contribution in [3.05, 3.63) is 35.9 Å². The molecule has 0 aromatic heterocycles. The number of benzene rings is 1. The smallest absolute Gasteiger partial charge is 0.391 e. The second-order valence-corrected chi connectivity index (χ2v) is 6.61. The molecule has 1 atom stereocenters. The minimum atomic E-state index is -4.63. The van der Waals surface area contributed by atoms with Crippen LogP contribution in [0.4, 0.5) is 13.2 Å². The van der Waals surface area contributed by atoms with Gasteiger partial charge in [-0.2, -0.15) is 13.2 Å². The van der Waals surface area contributed by atoms with Crippen molar-refractivity contribution in [1.82, 2.24) is 5.32 Å². The van der Waals surface area contributed by atoms with E-state index in [2.05, 4.69) is 12.1 Å². The number of carbonyl (C=O) groups is 2. The molecule has 2 N–H and O–H groups in total. The number of aliphatic carboxylic acids is 1. The molecule has 0 bridgehead atoms. The van der Waals surface area contributed by atoms with Crippen LogP contribution in [0, 0.1) is 5.92 Å². The Bertz CT molecular complexity index is 581. The van der Waals surface area contributed by atoms with Crippen molar-refractivity contribution in [2.45, 2.75) is 56.7 Å². The Hall–Kier alpha value is -2.05. The van der Waals surface area contributed by atoms with Crippen LogP contribution in [0.1, 0.15) is 50.0 Å². The van der Waals surface area contributed by atoms with Crippen molar-refractivity contribution >= 4 is 11.9 Å². The average Bonchev–Trinajstić information content (AvgIpc) is 2.54. The normalized spacial score (nSPS) is 22.2. The average molecular weight is 357 g/mol. The molecule has 1 amide bonds. The minimum absolute atomic E-state index is 0.0726. The summed E-state index contributed by atoms with van der Waals surface area (Å²) in [6.45, 7) is 0. The van der Waals surface area contributed by atoms with Crippen LogP contribution < -0.4 is 5.32 Å². The van der Waals surface area contributed by atoms with Crippen LogP contribution in [0.25, 0.3) is 0 Å². The van der Waals surface area contributed by atoms with Gasteiger partial charge in [-0.15, -0.1) is 0 Å². The Morgan fingerprint density at radius 1 is 1.12 bits per heavy atom. The zero-order valence-corrected chi connectivity index (χ0v) is 13.8. The third-order valence-corrected chi connectivity index (χ3v) is 4.66. The summed E-state index contributed by atoms with van der Waals surface area (Å²) in [5, 5.41) is 10.8. The van der Waals surface area contributed by atoms with Gasteiger partial charge in [0.15, 0.2) is 0 Å². The van der Waals surface area contributed by atoms with E-state index >= 15 is 0 Å². The molecular formula is C18H22F3NO3. The summed E-state index contributed by atoms with van der Waals surface area (Å²) in [5.74, 6) is -1.77. The highest BCUT2D eigenvalue weighted by molar-refractivity contribution is 5.83. The first-order chi connectivity index (χ1) is 11.7. The van der Waals surface area contributed by atoms with Crippen molar-refractivity contribution < 1.29 is 27.9 Å². The number of hydrogen-bond acceptors (Lipinski definition) is 2. The Balaban J connectivity index is 1.80. The summed E-state index contributed by atoms with van der Waals surface area (Å²) < 4.78 is 37.1. The number of halogens is 3. The number of amides is 1. The standard InChI is InChI=1S/C18H22F3NO3/c19-18(20,21)11-15(17(24)25)22-16(23)10-12-6-8-14(9-7-12)13-4-2-1-3-5-13/h1-5,12,14-15H,6-11H2,(H,22,23)(H,24,25). The van der Waals surface area contributed by atoms with Crippen LogP contribution in [0.3, 0.4) is 0 Å². The van der Waals surface area contributed by atoms with E-state index in [1.165, 1.54) is 5.56 Å². The Labute approximate surface area is 144 Å². The summed E-state index contributed by atoms with van der Waals surface area (Å²) >= 11 is 0. The summed E-state index contributed by atoms with van der Waals surface area (Å²) in [5.41, 5.74) is 1.27. The summed E-state index contributed by atoms with van der Waals surface area (Å²) in [6.07, 6.45) is -2.66. The molecule has 1 aromatic rings. The maximum Gasteiger partial charge on any atom is 0.391 e.